The normalized spacial score (nSPS) is 10.2. The van der Waals surface area contributed by atoms with Crippen LogP contribution in [0.3, 0.4) is 0 Å². The highest BCUT2D eigenvalue weighted by Gasteiger charge is 2.04. The molecule has 4 nitrogen and oxygen atoms in total. The van der Waals surface area contributed by atoms with Crippen molar-refractivity contribution in [3.8, 4) is 0 Å². The summed E-state index contributed by atoms with van der Waals surface area (Å²) in [5.41, 5.74) is 6.79. The van der Waals surface area contributed by atoms with Gasteiger partial charge >= 0.3 is 0 Å². The molecule has 2 aromatic rings. The number of benzene rings is 2. The van der Waals surface area contributed by atoms with Crippen molar-refractivity contribution in [3.05, 3.63) is 60.7 Å². The van der Waals surface area contributed by atoms with E-state index in [1.165, 1.54) is 0 Å². The molecule has 2 aromatic carbocycles. The lowest BCUT2D eigenvalue weighted by Gasteiger charge is -2.04. The summed E-state index contributed by atoms with van der Waals surface area (Å²) in [5.74, 6) is 0.0991. The first kappa shape index (κ1) is 15.0. The van der Waals surface area contributed by atoms with Crippen molar-refractivity contribution in [2.75, 3.05) is 16.2 Å². The molecule has 0 atom stereocenters. The molecule has 0 aromatic heterocycles. The molecule has 0 aliphatic carbocycles. The minimum Gasteiger partial charge on any atom is -0.399 e. The van der Waals surface area contributed by atoms with E-state index in [1.54, 1.807) is 31.2 Å². The third-order valence-electron chi connectivity index (χ3n) is 2.23. The number of anilines is 2. The van der Waals surface area contributed by atoms with Crippen molar-refractivity contribution >= 4 is 21.4 Å². The summed E-state index contributed by atoms with van der Waals surface area (Å²) in [5, 5.41) is 0. The van der Waals surface area contributed by atoms with Crippen LogP contribution in [0.4, 0.5) is 11.4 Å². The Morgan fingerprint density at radius 1 is 0.947 bits per heavy atom. The quantitative estimate of drug-likeness (QED) is 0.848. The third kappa shape index (κ3) is 6.47. The molecule has 0 saturated carbocycles. The molecule has 0 aliphatic heterocycles. The van der Waals surface area contributed by atoms with Gasteiger partial charge in [0.05, 0.1) is 5.75 Å². The summed E-state index contributed by atoms with van der Waals surface area (Å²) < 4.78 is 24.6. The van der Waals surface area contributed by atoms with Gasteiger partial charge in [0.25, 0.3) is 0 Å². The first-order chi connectivity index (χ1) is 9.03. The fourth-order valence-electron chi connectivity index (χ4n) is 1.21. The predicted molar refractivity (Wildman–Crippen MR) is 80.4 cm³/mol. The van der Waals surface area contributed by atoms with Crippen molar-refractivity contribution in [3.63, 3.8) is 0 Å². The Labute approximate surface area is 114 Å². The van der Waals surface area contributed by atoms with Gasteiger partial charge in [-0.3, -0.25) is 4.72 Å². The number of nitrogens with one attached hydrogen (secondary N) is 1. The van der Waals surface area contributed by atoms with Crippen molar-refractivity contribution < 1.29 is 8.42 Å². The lowest BCUT2D eigenvalue weighted by atomic mass is 10.3. The maximum atomic E-state index is 11.1. The van der Waals surface area contributed by atoms with Crippen LogP contribution in [0, 0.1) is 0 Å². The largest absolute Gasteiger partial charge is 0.399 e. The van der Waals surface area contributed by atoms with E-state index in [2.05, 4.69) is 4.72 Å². The monoisotopic (exact) mass is 278 g/mol. The van der Waals surface area contributed by atoms with Gasteiger partial charge in [-0.15, -0.1) is 0 Å². The molecule has 0 saturated heterocycles. The molecule has 0 amide bonds. The molecule has 0 unspecified atom stereocenters. The Hall–Kier alpha value is -2.01. The highest BCUT2D eigenvalue weighted by Crippen LogP contribution is 2.07. The molecule has 2 rings (SSSR count). The van der Waals surface area contributed by atoms with Crippen LogP contribution in [0.1, 0.15) is 6.92 Å². The van der Waals surface area contributed by atoms with Crippen LogP contribution in [-0.4, -0.2) is 14.2 Å². The molecule has 5 heteroatoms. The SMILES string of the molecule is CCS(=O)(=O)Nc1ccccc1.Nc1ccccc1. The van der Waals surface area contributed by atoms with E-state index in [0.717, 1.165) is 5.69 Å². The Morgan fingerprint density at radius 3 is 1.79 bits per heavy atom. The molecule has 0 radical (unpaired) electrons. The number of rotatable bonds is 3. The zero-order chi connectivity index (χ0) is 14.1. The number of sulfonamides is 1. The van der Waals surface area contributed by atoms with E-state index in [0.29, 0.717) is 5.69 Å². The summed E-state index contributed by atoms with van der Waals surface area (Å²) in [6.45, 7) is 1.60. The third-order valence-corrected chi connectivity index (χ3v) is 3.53. The van der Waals surface area contributed by atoms with Gasteiger partial charge in [-0.1, -0.05) is 36.4 Å². The zero-order valence-electron chi connectivity index (χ0n) is 10.8. The molecule has 3 N–H and O–H groups in total. The van der Waals surface area contributed by atoms with Crippen molar-refractivity contribution in [2.24, 2.45) is 0 Å². The van der Waals surface area contributed by atoms with Gasteiger partial charge in [0.1, 0.15) is 0 Å². The van der Waals surface area contributed by atoms with Crippen molar-refractivity contribution in [2.45, 2.75) is 6.92 Å². The van der Waals surface area contributed by atoms with Crippen molar-refractivity contribution in [1.82, 2.24) is 0 Å². The van der Waals surface area contributed by atoms with Crippen LogP contribution < -0.4 is 10.5 Å². The Balaban J connectivity index is 0.000000218. The average Bonchev–Trinajstić information content (AvgIpc) is 2.41. The Morgan fingerprint density at radius 2 is 1.42 bits per heavy atom. The number of nitrogens with two attached hydrogens (primary N) is 1. The zero-order valence-corrected chi connectivity index (χ0v) is 11.6. The molecular weight excluding hydrogens is 260 g/mol. The first-order valence-electron chi connectivity index (χ1n) is 5.89. The van der Waals surface area contributed by atoms with E-state index >= 15 is 0 Å². The van der Waals surface area contributed by atoms with E-state index in [4.69, 9.17) is 5.73 Å². The summed E-state index contributed by atoms with van der Waals surface area (Å²) >= 11 is 0. The molecular formula is C14H18N2O2S. The topological polar surface area (TPSA) is 72.2 Å². The van der Waals surface area contributed by atoms with Gasteiger partial charge in [-0.25, -0.2) is 8.42 Å². The van der Waals surface area contributed by atoms with E-state index in [-0.39, 0.29) is 5.75 Å². The minimum atomic E-state index is -3.12. The second-order valence-corrected chi connectivity index (χ2v) is 5.79. The molecule has 0 bridgehead atoms. The summed E-state index contributed by atoms with van der Waals surface area (Å²) in [4.78, 5) is 0. The van der Waals surface area contributed by atoms with Crippen LogP contribution in [0.2, 0.25) is 0 Å². The highest BCUT2D eigenvalue weighted by molar-refractivity contribution is 7.92. The minimum absolute atomic E-state index is 0.0991. The fraction of sp³-hybridized carbons (Fsp3) is 0.143. The van der Waals surface area contributed by atoms with Gasteiger partial charge in [-0.05, 0) is 31.2 Å². The summed E-state index contributed by atoms with van der Waals surface area (Å²) in [6.07, 6.45) is 0. The first-order valence-corrected chi connectivity index (χ1v) is 7.55. The van der Waals surface area contributed by atoms with Gasteiger partial charge < -0.3 is 5.73 Å². The lowest BCUT2D eigenvalue weighted by Crippen LogP contribution is -2.14. The Bertz CT molecular complexity index is 569. The molecule has 0 spiro atoms. The van der Waals surface area contributed by atoms with Gasteiger partial charge in [0, 0.05) is 11.4 Å². The van der Waals surface area contributed by atoms with Crippen LogP contribution in [0.15, 0.2) is 60.7 Å². The van der Waals surface area contributed by atoms with Crippen LogP contribution in [0.25, 0.3) is 0 Å². The average molecular weight is 278 g/mol. The van der Waals surface area contributed by atoms with E-state index < -0.39 is 10.0 Å². The smallest absolute Gasteiger partial charge is 0.232 e. The number of hydrogen-bond acceptors (Lipinski definition) is 3. The van der Waals surface area contributed by atoms with Gasteiger partial charge in [0.2, 0.25) is 10.0 Å². The number of hydrogen-bond donors (Lipinski definition) is 2. The Kier molecular flexibility index (Phi) is 5.89. The molecule has 102 valence electrons. The van der Waals surface area contributed by atoms with E-state index in [1.807, 2.05) is 36.4 Å². The summed E-state index contributed by atoms with van der Waals surface area (Å²) in [7, 11) is -3.12. The van der Waals surface area contributed by atoms with E-state index in [9.17, 15) is 8.42 Å². The molecule has 19 heavy (non-hydrogen) atoms. The molecule has 0 heterocycles. The van der Waals surface area contributed by atoms with Crippen LogP contribution in [-0.2, 0) is 10.0 Å². The second-order valence-electron chi connectivity index (χ2n) is 3.78. The van der Waals surface area contributed by atoms with Gasteiger partial charge in [0.15, 0.2) is 0 Å². The van der Waals surface area contributed by atoms with Crippen molar-refractivity contribution in [1.29, 1.82) is 0 Å². The fourth-order valence-corrected chi connectivity index (χ4v) is 1.85. The second kappa shape index (κ2) is 7.43. The maximum absolute atomic E-state index is 11.1. The number of para-hydroxylation sites is 2. The molecule has 0 fully saturated rings. The van der Waals surface area contributed by atoms with Gasteiger partial charge in [-0.2, -0.15) is 0 Å². The molecule has 0 aliphatic rings. The highest BCUT2D eigenvalue weighted by atomic mass is 32.2. The standard InChI is InChI=1S/C8H11NO2S.C6H7N/c1-2-12(10,11)9-8-6-4-3-5-7-8;7-6-4-2-1-3-5-6/h3-7,9H,2H2,1H3;1-5H,7H2. The van der Waals surface area contributed by atoms with Crippen LogP contribution >= 0.6 is 0 Å². The number of nitrogen functional groups attached to an aromatic ring is 1. The maximum Gasteiger partial charge on any atom is 0.232 e. The lowest BCUT2D eigenvalue weighted by molar-refractivity contribution is 0.602. The predicted octanol–water partition coefficient (Wildman–Crippen LogP) is 2.72. The van der Waals surface area contributed by atoms with Crippen LogP contribution in [0.5, 0.6) is 0 Å². The summed E-state index contributed by atoms with van der Waals surface area (Å²) in [6, 6.07) is 18.3.